The van der Waals surface area contributed by atoms with Gasteiger partial charge < -0.3 is 10.1 Å². The van der Waals surface area contributed by atoms with Crippen LogP contribution in [-0.4, -0.2) is 24.8 Å². The molecule has 1 heterocycles. The topological polar surface area (TPSA) is 50.4 Å². The molecule has 1 amide bonds. The van der Waals surface area contributed by atoms with E-state index in [2.05, 4.69) is 10.6 Å². The molecule has 4 nitrogen and oxygen atoms in total. The molecule has 21 heavy (non-hydrogen) atoms. The third kappa shape index (κ3) is 4.70. The second-order valence-corrected chi connectivity index (χ2v) is 6.41. The van der Waals surface area contributed by atoms with Gasteiger partial charge in [0, 0.05) is 12.2 Å². The molecule has 2 N–H and O–H groups in total. The smallest absolute Gasteiger partial charge is 0.412 e. The summed E-state index contributed by atoms with van der Waals surface area (Å²) in [4.78, 5) is 11.7. The Hall–Kier alpha value is -1.62. The average molecular weight is 294 g/mol. The van der Waals surface area contributed by atoms with Crippen molar-refractivity contribution in [1.82, 2.24) is 5.32 Å². The Bertz CT molecular complexity index is 505. The highest BCUT2D eigenvalue weighted by Crippen LogP contribution is 2.27. The number of piperidine rings is 1. The van der Waals surface area contributed by atoms with Gasteiger partial charge in [-0.15, -0.1) is 0 Å². The molecule has 0 spiro atoms. The summed E-state index contributed by atoms with van der Waals surface area (Å²) in [5, 5.41) is 5.83. The van der Waals surface area contributed by atoms with Crippen LogP contribution in [0.15, 0.2) is 18.2 Å². The Kier molecular flexibility index (Phi) is 4.83. The van der Waals surface area contributed by atoms with Gasteiger partial charge in [-0.2, -0.15) is 0 Å². The molecule has 0 saturated carbocycles. The minimum Gasteiger partial charge on any atom is -0.444 e. The Morgan fingerprint density at radius 1 is 1.43 bits per heavy atom. The molecular formula is C16H23FN2O2. The molecule has 1 aromatic rings. The SMILES string of the molecule is CC(C)(C)OC(=O)Nc1ccc(C2CCCNC2)c(F)c1. The van der Waals surface area contributed by atoms with Gasteiger partial charge in [-0.05, 0) is 63.8 Å². The number of nitrogens with one attached hydrogen (secondary N) is 2. The number of ether oxygens (including phenoxy) is 1. The summed E-state index contributed by atoms with van der Waals surface area (Å²) in [5.41, 5.74) is 0.544. The van der Waals surface area contributed by atoms with E-state index in [4.69, 9.17) is 4.74 Å². The zero-order valence-corrected chi connectivity index (χ0v) is 12.8. The molecule has 116 valence electrons. The molecule has 0 aromatic heterocycles. The Balaban J connectivity index is 2.03. The molecule has 2 rings (SSSR count). The first-order chi connectivity index (χ1) is 9.85. The second-order valence-electron chi connectivity index (χ2n) is 6.41. The molecule has 1 fully saturated rings. The number of hydrogen-bond donors (Lipinski definition) is 2. The molecular weight excluding hydrogens is 271 g/mol. The first-order valence-electron chi connectivity index (χ1n) is 7.35. The van der Waals surface area contributed by atoms with Crippen LogP contribution >= 0.6 is 0 Å². The normalized spacial score (nSPS) is 19.1. The molecule has 0 bridgehead atoms. The fourth-order valence-electron chi connectivity index (χ4n) is 2.47. The number of benzene rings is 1. The average Bonchev–Trinajstić information content (AvgIpc) is 2.37. The van der Waals surface area contributed by atoms with Crippen molar-refractivity contribution in [3.63, 3.8) is 0 Å². The lowest BCUT2D eigenvalue weighted by Gasteiger charge is -2.24. The van der Waals surface area contributed by atoms with Crippen molar-refractivity contribution in [3.8, 4) is 0 Å². The van der Waals surface area contributed by atoms with E-state index in [0.717, 1.165) is 25.9 Å². The van der Waals surface area contributed by atoms with E-state index in [1.54, 1.807) is 32.9 Å². The van der Waals surface area contributed by atoms with Crippen molar-refractivity contribution in [2.24, 2.45) is 0 Å². The number of rotatable bonds is 2. The Labute approximate surface area is 125 Å². The van der Waals surface area contributed by atoms with Crippen LogP contribution in [0.3, 0.4) is 0 Å². The Morgan fingerprint density at radius 3 is 2.76 bits per heavy atom. The molecule has 0 aliphatic carbocycles. The summed E-state index contributed by atoms with van der Waals surface area (Å²) >= 11 is 0. The number of halogens is 1. The van der Waals surface area contributed by atoms with Gasteiger partial charge in [0.1, 0.15) is 11.4 Å². The van der Waals surface area contributed by atoms with Gasteiger partial charge in [-0.25, -0.2) is 9.18 Å². The van der Waals surface area contributed by atoms with Crippen LogP contribution in [0, 0.1) is 5.82 Å². The van der Waals surface area contributed by atoms with Gasteiger partial charge in [-0.1, -0.05) is 6.07 Å². The maximum absolute atomic E-state index is 14.2. The van der Waals surface area contributed by atoms with Crippen molar-refractivity contribution in [3.05, 3.63) is 29.6 Å². The van der Waals surface area contributed by atoms with Crippen LogP contribution in [0.25, 0.3) is 0 Å². The predicted molar refractivity (Wildman–Crippen MR) is 81.1 cm³/mol. The van der Waals surface area contributed by atoms with Gasteiger partial charge in [0.2, 0.25) is 0 Å². The molecule has 1 saturated heterocycles. The van der Waals surface area contributed by atoms with Gasteiger partial charge >= 0.3 is 6.09 Å². The number of amides is 1. The van der Waals surface area contributed by atoms with Gasteiger partial charge in [0.15, 0.2) is 0 Å². The predicted octanol–water partition coefficient (Wildman–Crippen LogP) is 3.64. The molecule has 1 unspecified atom stereocenters. The number of carbonyl (C=O) groups excluding carboxylic acids is 1. The van der Waals surface area contributed by atoms with Crippen molar-refractivity contribution in [2.75, 3.05) is 18.4 Å². The van der Waals surface area contributed by atoms with Crippen molar-refractivity contribution in [1.29, 1.82) is 0 Å². The summed E-state index contributed by atoms with van der Waals surface area (Å²) < 4.78 is 19.3. The largest absolute Gasteiger partial charge is 0.444 e. The molecule has 1 aliphatic rings. The van der Waals surface area contributed by atoms with Crippen LogP contribution in [-0.2, 0) is 4.74 Å². The van der Waals surface area contributed by atoms with Crippen molar-refractivity contribution >= 4 is 11.8 Å². The summed E-state index contributed by atoms with van der Waals surface area (Å²) in [6.45, 7) is 7.15. The third-order valence-corrected chi connectivity index (χ3v) is 3.38. The lowest BCUT2D eigenvalue weighted by Crippen LogP contribution is -2.29. The molecule has 1 aromatic carbocycles. The van der Waals surface area contributed by atoms with Crippen LogP contribution in [0.5, 0.6) is 0 Å². The minimum atomic E-state index is -0.575. The van der Waals surface area contributed by atoms with E-state index in [1.807, 2.05) is 0 Å². The van der Waals surface area contributed by atoms with E-state index in [-0.39, 0.29) is 11.7 Å². The maximum atomic E-state index is 14.2. The summed E-state index contributed by atoms with van der Waals surface area (Å²) in [5.74, 6) is -0.0772. The third-order valence-electron chi connectivity index (χ3n) is 3.38. The standard InChI is InChI=1S/C16H23FN2O2/c1-16(2,3)21-15(20)19-12-6-7-13(14(17)9-12)11-5-4-8-18-10-11/h6-7,9,11,18H,4-5,8,10H2,1-3H3,(H,19,20). The van der Waals surface area contributed by atoms with Crippen molar-refractivity contribution < 1.29 is 13.9 Å². The number of carbonyl (C=O) groups is 1. The minimum absolute atomic E-state index is 0.203. The van der Waals surface area contributed by atoms with Gasteiger partial charge in [0.05, 0.1) is 0 Å². The molecule has 0 radical (unpaired) electrons. The van der Waals surface area contributed by atoms with Crippen molar-refractivity contribution in [2.45, 2.75) is 45.1 Å². The van der Waals surface area contributed by atoms with Crippen LogP contribution in [0.4, 0.5) is 14.9 Å². The van der Waals surface area contributed by atoms with E-state index in [0.29, 0.717) is 11.3 Å². The fourth-order valence-corrected chi connectivity index (χ4v) is 2.47. The zero-order valence-electron chi connectivity index (χ0n) is 12.8. The maximum Gasteiger partial charge on any atom is 0.412 e. The zero-order chi connectivity index (χ0) is 15.5. The lowest BCUT2D eigenvalue weighted by atomic mass is 9.91. The lowest BCUT2D eigenvalue weighted by molar-refractivity contribution is 0.0636. The van der Waals surface area contributed by atoms with E-state index >= 15 is 0 Å². The van der Waals surface area contributed by atoms with Crippen LogP contribution in [0.2, 0.25) is 0 Å². The van der Waals surface area contributed by atoms with Gasteiger partial charge in [-0.3, -0.25) is 5.32 Å². The fraction of sp³-hybridized carbons (Fsp3) is 0.562. The highest BCUT2D eigenvalue weighted by molar-refractivity contribution is 5.84. The number of anilines is 1. The first-order valence-corrected chi connectivity index (χ1v) is 7.35. The molecule has 1 aliphatic heterocycles. The Morgan fingerprint density at radius 2 is 2.19 bits per heavy atom. The van der Waals surface area contributed by atoms with E-state index < -0.39 is 11.7 Å². The molecule has 5 heteroatoms. The first kappa shape index (κ1) is 15.8. The monoisotopic (exact) mass is 294 g/mol. The van der Waals surface area contributed by atoms with E-state index in [1.165, 1.54) is 6.07 Å². The summed E-state index contributed by atoms with van der Waals surface area (Å²) in [6, 6.07) is 4.82. The van der Waals surface area contributed by atoms with Gasteiger partial charge in [0.25, 0.3) is 0 Å². The highest BCUT2D eigenvalue weighted by atomic mass is 19.1. The van der Waals surface area contributed by atoms with E-state index in [9.17, 15) is 9.18 Å². The quantitative estimate of drug-likeness (QED) is 0.875. The number of hydrogen-bond acceptors (Lipinski definition) is 3. The second kappa shape index (κ2) is 6.43. The summed E-state index contributed by atoms with van der Waals surface area (Å²) in [7, 11) is 0. The van der Waals surface area contributed by atoms with Crippen LogP contribution in [0.1, 0.15) is 45.1 Å². The van der Waals surface area contributed by atoms with Crippen LogP contribution < -0.4 is 10.6 Å². The molecule has 1 atom stereocenters. The summed E-state index contributed by atoms with van der Waals surface area (Å²) in [6.07, 6.45) is 1.47. The highest BCUT2D eigenvalue weighted by Gasteiger charge is 2.20.